The van der Waals surface area contributed by atoms with Crippen molar-refractivity contribution >= 4 is 17.0 Å². The lowest BCUT2D eigenvalue weighted by molar-refractivity contribution is -0.322. The van der Waals surface area contributed by atoms with Gasteiger partial charge in [0.2, 0.25) is 0 Å². The highest BCUT2D eigenvalue weighted by Gasteiger charge is 2.02. The fourth-order valence-electron chi connectivity index (χ4n) is 0.145. The van der Waals surface area contributed by atoms with Crippen molar-refractivity contribution in [3.8, 4) is 0 Å². The number of hydrogen-bond acceptors (Lipinski definition) is 4. The molecule has 0 amide bonds. The van der Waals surface area contributed by atoms with E-state index in [0.29, 0.717) is 0 Å². The lowest BCUT2D eigenvalue weighted by atomic mass is 10.8. The minimum atomic E-state index is -1.01. The van der Waals surface area contributed by atoms with E-state index in [9.17, 15) is 4.79 Å². The van der Waals surface area contributed by atoms with Crippen LogP contribution in [0.5, 0.6) is 0 Å². The summed E-state index contributed by atoms with van der Waals surface area (Å²) < 4.78 is 4.54. The van der Waals surface area contributed by atoms with Gasteiger partial charge in [-0.05, 0) is 6.92 Å². The molecule has 1 atom stereocenters. The second-order valence-electron chi connectivity index (χ2n) is 1.22. The standard InChI is InChI=1S/C4H7ClO4/c1-3(7-2)8-9-4(5)6/h3H,1-2H3. The highest BCUT2D eigenvalue weighted by molar-refractivity contribution is 6.61. The van der Waals surface area contributed by atoms with Gasteiger partial charge in [0.15, 0.2) is 6.29 Å². The Morgan fingerprint density at radius 1 is 1.67 bits per heavy atom. The van der Waals surface area contributed by atoms with Gasteiger partial charge in [0.25, 0.3) is 0 Å². The Morgan fingerprint density at radius 3 is 2.56 bits per heavy atom. The Balaban J connectivity index is 3.16. The summed E-state index contributed by atoms with van der Waals surface area (Å²) in [5.74, 6) is 0. The van der Waals surface area contributed by atoms with Crippen molar-refractivity contribution in [2.45, 2.75) is 13.2 Å². The van der Waals surface area contributed by atoms with Crippen molar-refractivity contribution in [1.29, 1.82) is 0 Å². The molecule has 0 aliphatic carbocycles. The van der Waals surface area contributed by atoms with Crippen LogP contribution < -0.4 is 0 Å². The van der Waals surface area contributed by atoms with Crippen molar-refractivity contribution in [1.82, 2.24) is 0 Å². The molecule has 0 saturated carbocycles. The first-order valence-electron chi connectivity index (χ1n) is 2.22. The number of carbonyl (C=O) groups is 1. The Kier molecular flexibility index (Phi) is 4.39. The smallest absolute Gasteiger partial charge is 0.352 e. The first kappa shape index (κ1) is 8.68. The molecule has 0 heterocycles. The van der Waals surface area contributed by atoms with Crippen molar-refractivity contribution in [3.63, 3.8) is 0 Å². The summed E-state index contributed by atoms with van der Waals surface area (Å²) in [6.45, 7) is 1.56. The van der Waals surface area contributed by atoms with E-state index in [1.165, 1.54) is 7.11 Å². The van der Waals surface area contributed by atoms with Crippen LogP contribution in [0.1, 0.15) is 6.92 Å². The predicted molar refractivity (Wildman–Crippen MR) is 29.9 cm³/mol. The topological polar surface area (TPSA) is 44.8 Å². The molecule has 0 bridgehead atoms. The third-order valence-electron chi connectivity index (χ3n) is 0.581. The second-order valence-corrected chi connectivity index (χ2v) is 1.53. The third kappa shape index (κ3) is 5.55. The highest BCUT2D eigenvalue weighted by atomic mass is 35.5. The van der Waals surface area contributed by atoms with E-state index in [1.54, 1.807) is 6.92 Å². The first-order valence-corrected chi connectivity index (χ1v) is 2.60. The summed E-state index contributed by atoms with van der Waals surface area (Å²) in [6.07, 6.45) is -0.590. The summed E-state index contributed by atoms with van der Waals surface area (Å²) in [5, 5.41) is 0. The molecule has 0 spiro atoms. The van der Waals surface area contributed by atoms with Crippen LogP contribution in [0.4, 0.5) is 4.79 Å². The molecular weight excluding hydrogens is 147 g/mol. The molecular formula is C4H7ClO4. The molecule has 0 rings (SSSR count). The van der Waals surface area contributed by atoms with Gasteiger partial charge in [0, 0.05) is 18.7 Å². The van der Waals surface area contributed by atoms with Gasteiger partial charge in [-0.15, -0.1) is 0 Å². The molecule has 0 aromatic carbocycles. The van der Waals surface area contributed by atoms with Gasteiger partial charge in [-0.3, -0.25) is 4.89 Å². The van der Waals surface area contributed by atoms with Crippen LogP contribution in [-0.2, 0) is 14.5 Å². The molecule has 1 unspecified atom stereocenters. The zero-order valence-corrected chi connectivity index (χ0v) is 5.84. The zero-order valence-electron chi connectivity index (χ0n) is 5.09. The van der Waals surface area contributed by atoms with Crippen molar-refractivity contribution in [3.05, 3.63) is 0 Å². The number of halogens is 1. The van der Waals surface area contributed by atoms with Crippen molar-refractivity contribution < 1.29 is 19.3 Å². The van der Waals surface area contributed by atoms with E-state index in [2.05, 4.69) is 14.5 Å². The van der Waals surface area contributed by atoms with E-state index < -0.39 is 11.7 Å². The predicted octanol–water partition coefficient (Wildman–Crippen LogP) is 1.29. The van der Waals surface area contributed by atoms with Gasteiger partial charge in [0.05, 0.1) is 0 Å². The van der Waals surface area contributed by atoms with Crippen LogP contribution >= 0.6 is 11.6 Å². The maximum Gasteiger partial charge on any atom is 0.435 e. The molecule has 4 nitrogen and oxygen atoms in total. The third-order valence-corrected chi connectivity index (χ3v) is 0.644. The fraction of sp³-hybridized carbons (Fsp3) is 0.750. The molecule has 54 valence electrons. The van der Waals surface area contributed by atoms with Crippen LogP contribution in [-0.4, -0.2) is 18.8 Å². The largest absolute Gasteiger partial charge is 0.435 e. The molecule has 0 aliphatic rings. The van der Waals surface area contributed by atoms with Gasteiger partial charge in [-0.25, -0.2) is 4.79 Å². The van der Waals surface area contributed by atoms with Crippen LogP contribution in [0.2, 0.25) is 0 Å². The molecule has 5 heteroatoms. The molecule has 0 radical (unpaired) electrons. The maximum atomic E-state index is 9.83. The minimum absolute atomic E-state index is 0.590. The molecule has 0 aliphatic heterocycles. The lowest BCUT2D eigenvalue weighted by Crippen LogP contribution is -2.11. The van der Waals surface area contributed by atoms with E-state index in [4.69, 9.17) is 11.6 Å². The summed E-state index contributed by atoms with van der Waals surface area (Å²) in [6, 6.07) is 0. The van der Waals surface area contributed by atoms with E-state index in [0.717, 1.165) is 0 Å². The highest BCUT2D eigenvalue weighted by Crippen LogP contribution is 1.94. The molecule has 0 aromatic rings. The Bertz CT molecular complexity index is 94.6. The molecule has 9 heavy (non-hydrogen) atoms. The minimum Gasteiger partial charge on any atom is -0.352 e. The number of ether oxygens (including phenoxy) is 1. The van der Waals surface area contributed by atoms with Crippen LogP contribution in [0.25, 0.3) is 0 Å². The summed E-state index contributed by atoms with van der Waals surface area (Å²) >= 11 is 4.74. The number of methoxy groups -OCH3 is 1. The fourth-order valence-corrected chi connectivity index (χ4v) is 0.181. The van der Waals surface area contributed by atoms with Gasteiger partial charge in [0.1, 0.15) is 0 Å². The Morgan fingerprint density at radius 2 is 2.22 bits per heavy atom. The monoisotopic (exact) mass is 154 g/mol. The number of carbonyl (C=O) groups excluding carboxylic acids is 1. The molecule has 0 aromatic heterocycles. The van der Waals surface area contributed by atoms with Crippen LogP contribution in [0.3, 0.4) is 0 Å². The van der Waals surface area contributed by atoms with Gasteiger partial charge in [-0.2, -0.15) is 4.89 Å². The van der Waals surface area contributed by atoms with Gasteiger partial charge < -0.3 is 4.74 Å². The van der Waals surface area contributed by atoms with Crippen LogP contribution in [0.15, 0.2) is 0 Å². The summed E-state index contributed by atoms with van der Waals surface area (Å²) in [7, 11) is 1.41. The zero-order chi connectivity index (χ0) is 7.28. The van der Waals surface area contributed by atoms with E-state index in [-0.39, 0.29) is 0 Å². The number of rotatable bonds is 3. The quantitative estimate of drug-likeness (QED) is 0.266. The Hall–Kier alpha value is -0.320. The average Bonchev–Trinajstić information content (AvgIpc) is 1.83. The summed E-state index contributed by atoms with van der Waals surface area (Å²) in [4.78, 5) is 18.0. The van der Waals surface area contributed by atoms with E-state index >= 15 is 0 Å². The molecule has 0 fully saturated rings. The second kappa shape index (κ2) is 4.55. The van der Waals surface area contributed by atoms with Gasteiger partial charge >= 0.3 is 5.43 Å². The molecule has 0 saturated heterocycles. The normalized spacial score (nSPS) is 12.8. The summed E-state index contributed by atoms with van der Waals surface area (Å²) in [5.41, 5.74) is -1.01. The van der Waals surface area contributed by atoms with Crippen molar-refractivity contribution in [2.75, 3.05) is 7.11 Å². The lowest BCUT2D eigenvalue weighted by Gasteiger charge is -2.05. The maximum absolute atomic E-state index is 9.83. The van der Waals surface area contributed by atoms with Gasteiger partial charge in [-0.1, -0.05) is 0 Å². The first-order chi connectivity index (χ1) is 4.16. The van der Waals surface area contributed by atoms with E-state index in [1.807, 2.05) is 0 Å². The average molecular weight is 155 g/mol. The molecule has 0 N–H and O–H groups in total. The van der Waals surface area contributed by atoms with Crippen LogP contribution in [0, 0.1) is 0 Å². The SMILES string of the molecule is COC(C)OOC(=O)Cl. The Labute approximate surface area is 57.6 Å². The van der Waals surface area contributed by atoms with Crippen molar-refractivity contribution in [2.24, 2.45) is 0 Å². The number of hydrogen-bond donors (Lipinski definition) is 0.